The number of pyridine rings is 1. The van der Waals surface area contributed by atoms with Crippen molar-refractivity contribution in [3.05, 3.63) is 60.2 Å². The summed E-state index contributed by atoms with van der Waals surface area (Å²) < 4.78 is 0. The van der Waals surface area contributed by atoms with Crippen LogP contribution in [-0.4, -0.2) is 33.2 Å². The maximum Gasteiger partial charge on any atom is 0.132 e. The number of rotatable bonds is 4. The molecular formula is C19H20N4O. The van der Waals surface area contributed by atoms with Crippen molar-refractivity contribution >= 4 is 16.7 Å². The first-order chi connectivity index (χ1) is 11.7. The van der Waals surface area contributed by atoms with Gasteiger partial charge in [0.05, 0.1) is 11.6 Å². The molecule has 1 aliphatic rings. The van der Waals surface area contributed by atoms with Gasteiger partial charge < -0.3 is 10.0 Å². The van der Waals surface area contributed by atoms with Gasteiger partial charge in [0, 0.05) is 42.9 Å². The highest BCUT2D eigenvalue weighted by atomic mass is 16.3. The number of hydrogen-bond donors (Lipinski definition) is 1. The lowest BCUT2D eigenvalue weighted by atomic mass is 9.80. The zero-order valence-electron chi connectivity index (χ0n) is 13.6. The molecule has 1 saturated carbocycles. The lowest BCUT2D eigenvalue weighted by molar-refractivity contribution is 0.0732. The number of aromatic nitrogens is 3. The summed E-state index contributed by atoms with van der Waals surface area (Å²) in [6, 6.07) is 12.3. The SMILES string of the molecule is CN(Cc1cccc2ncccc12)c1cc(C2CC(O)C2)ncn1. The van der Waals surface area contributed by atoms with Gasteiger partial charge in [0.2, 0.25) is 0 Å². The molecule has 1 N–H and O–H groups in total. The molecule has 2 heterocycles. The van der Waals surface area contributed by atoms with Crippen LogP contribution in [0.25, 0.3) is 10.9 Å². The van der Waals surface area contributed by atoms with Crippen molar-refractivity contribution in [1.82, 2.24) is 15.0 Å². The molecule has 122 valence electrons. The van der Waals surface area contributed by atoms with E-state index in [9.17, 15) is 5.11 Å². The Balaban J connectivity index is 1.57. The van der Waals surface area contributed by atoms with Crippen molar-refractivity contribution in [1.29, 1.82) is 0 Å². The van der Waals surface area contributed by atoms with Crippen molar-refractivity contribution in [2.45, 2.75) is 31.4 Å². The summed E-state index contributed by atoms with van der Waals surface area (Å²) in [6.07, 6.45) is 4.87. The zero-order chi connectivity index (χ0) is 16.5. The Kier molecular flexibility index (Phi) is 3.86. The number of nitrogens with zero attached hydrogens (tertiary/aromatic N) is 4. The Hall–Kier alpha value is -2.53. The van der Waals surface area contributed by atoms with Crippen molar-refractivity contribution in [2.24, 2.45) is 0 Å². The van der Waals surface area contributed by atoms with Crippen LogP contribution in [0.5, 0.6) is 0 Å². The Morgan fingerprint density at radius 2 is 2.00 bits per heavy atom. The Morgan fingerprint density at radius 3 is 2.83 bits per heavy atom. The fourth-order valence-corrected chi connectivity index (χ4v) is 3.26. The second-order valence-corrected chi connectivity index (χ2v) is 6.47. The minimum atomic E-state index is -0.172. The first kappa shape index (κ1) is 15.0. The van der Waals surface area contributed by atoms with Crippen LogP contribution in [0.2, 0.25) is 0 Å². The molecule has 1 fully saturated rings. The van der Waals surface area contributed by atoms with Crippen LogP contribution in [0.1, 0.15) is 30.0 Å². The van der Waals surface area contributed by atoms with E-state index in [2.05, 4.69) is 32.0 Å². The van der Waals surface area contributed by atoms with E-state index >= 15 is 0 Å². The van der Waals surface area contributed by atoms with Gasteiger partial charge >= 0.3 is 0 Å². The molecule has 0 radical (unpaired) electrons. The van der Waals surface area contributed by atoms with E-state index < -0.39 is 0 Å². The minimum Gasteiger partial charge on any atom is -0.393 e. The van der Waals surface area contributed by atoms with Crippen LogP contribution in [0.15, 0.2) is 48.9 Å². The molecule has 4 rings (SSSR count). The number of hydrogen-bond acceptors (Lipinski definition) is 5. The third kappa shape index (κ3) is 2.83. The maximum atomic E-state index is 9.49. The summed E-state index contributed by atoms with van der Waals surface area (Å²) in [6.45, 7) is 0.757. The second-order valence-electron chi connectivity index (χ2n) is 6.47. The molecule has 5 nitrogen and oxygen atoms in total. The largest absolute Gasteiger partial charge is 0.393 e. The minimum absolute atomic E-state index is 0.172. The van der Waals surface area contributed by atoms with E-state index in [1.807, 2.05) is 37.5 Å². The van der Waals surface area contributed by atoms with Gasteiger partial charge in [0.1, 0.15) is 12.1 Å². The molecule has 0 unspecified atom stereocenters. The van der Waals surface area contributed by atoms with Gasteiger partial charge in [-0.1, -0.05) is 18.2 Å². The molecule has 0 spiro atoms. The summed E-state index contributed by atoms with van der Waals surface area (Å²) in [5.41, 5.74) is 3.26. The number of fused-ring (bicyclic) bond motifs is 1. The number of anilines is 1. The van der Waals surface area contributed by atoms with Crippen LogP contribution in [-0.2, 0) is 6.54 Å². The maximum absolute atomic E-state index is 9.49. The zero-order valence-corrected chi connectivity index (χ0v) is 13.6. The van der Waals surface area contributed by atoms with Gasteiger partial charge in [-0.3, -0.25) is 4.98 Å². The highest BCUT2D eigenvalue weighted by Crippen LogP contribution is 2.36. The summed E-state index contributed by atoms with van der Waals surface area (Å²) in [5, 5.41) is 10.7. The van der Waals surface area contributed by atoms with Crippen molar-refractivity contribution < 1.29 is 5.11 Å². The van der Waals surface area contributed by atoms with E-state index in [0.717, 1.165) is 36.4 Å². The molecule has 2 aromatic heterocycles. The molecule has 0 amide bonds. The molecule has 0 atom stereocenters. The fraction of sp³-hybridized carbons (Fsp3) is 0.316. The second kappa shape index (κ2) is 6.17. The lowest BCUT2D eigenvalue weighted by Crippen LogP contribution is -2.27. The van der Waals surface area contributed by atoms with E-state index in [0.29, 0.717) is 5.92 Å². The molecule has 5 heteroatoms. The third-order valence-corrected chi connectivity index (χ3v) is 4.74. The normalized spacial score (nSPS) is 19.9. The molecule has 24 heavy (non-hydrogen) atoms. The van der Waals surface area contributed by atoms with Crippen LogP contribution < -0.4 is 4.90 Å². The average molecular weight is 320 g/mol. The van der Waals surface area contributed by atoms with E-state index in [1.54, 1.807) is 6.33 Å². The smallest absolute Gasteiger partial charge is 0.132 e. The average Bonchev–Trinajstić information content (AvgIpc) is 2.59. The molecule has 3 aromatic rings. The van der Waals surface area contributed by atoms with Crippen molar-refractivity contribution in [3.63, 3.8) is 0 Å². The summed E-state index contributed by atoms with van der Waals surface area (Å²) >= 11 is 0. The molecule has 1 aromatic carbocycles. The highest BCUT2D eigenvalue weighted by molar-refractivity contribution is 5.82. The van der Waals surface area contributed by atoms with E-state index in [-0.39, 0.29) is 6.10 Å². The quantitative estimate of drug-likeness (QED) is 0.801. The van der Waals surface area contributed by atoms with Crippen LogP contribution in [0, 0.1) is 0 Å². The topological polar surface area (TPSA) is 62.1 Å². The predicted molar refractivity (Wildman–Crippen MR) is 93.9 cm³/mol. The number of benzene rings is 1. The van der Waals surface area contributed by atoms with Crippen molar-refractivity contribution in [3.8, 4) is 0 Å². The lowest BCUT2D eigenvalue weighted by Gasteiger charge is -2.31. The van der Waals surface area contributed by atoms with Crippen LogP contribution in [0.3, 0.4) is 0 Å². The fourth-order valence-electron chi connectivity index (χ4n) is 3.26. The molecule has 0 saturated heterocycles. The monoisotopic (exact) mass is 320 g/mol. The first-order valence-corrected chi connectivity index (χ1v) is 8.24. The number of aliphatic hydroxyl groups excluding tert-OH is 1. The van der Waals surface area contributed by atoms with Gasteiger partial charge in [0.15, 0.2) is 0 Å². The van der Waals surface area contributed by atoms with Crippen molar-refractivity contribution in [2.75, 3.05) is 11.9 Å². The highest BCUT2D eigenvalue weighted by Gasteiger charge is 2.29. The standard InChI is InChI=1S/C19H20N4O/c1-23(11-13-4-2-6-17-16(13)5-3-7-20-17)19-10-18(21-12-22-19)14-8-15(24)9-14/h2-7,10,12,14-15,24H,8-9,11H2,1H3. The van der Waals surface area contributed by atoms with Gasteiger partial charge in [-0.05, 0) is 30.5 Å². The first-order valence-electron chi connectivity index (χ1n) is 8.24. The van der Waals surface area contributed by atoms with Gasteiger partial charge in [-0.2, -0.15) is 0 Å². The summed E-state index contributed by atoms with van der Waals surface area (Å²) in [4.78, 5) is 15.3. The predicted octanol–water partition coefficient (Wildman–Crippen LogP) is 2.90. The van der Waals surface area contributed by atoms with Gasteiger partial charge in [0.25, 0.3) is 0 Å². The van der Waals surface area contributed by atoms with E-state index in [1.165, 1.54) is 10.9 Å². The van der Waals surface area contributed by atoms with Crippen LogP contribution >= 0.6 is 0 Å². The summed E-state index contributed by atoms with van der Waals surface area (Å²) in [5.74, 6) is 1.26. The van der Waals surface area contributed by atoms with Gasteiger partial charge in [-0.25, -0.2) is 9.97 Å². The molecular weight excluding hydrogens is 300 g/mol. The van der Waals surface area contributed by atoms with E-state index in [4.69, 9.17) is 0 Å². The Bertz CT molecular complexity index is 855. The third-order valence-electron chi connectivity index (χ3n) is 4.74. The molecule has 1 aliphatic carbocycles. The molecule has 0 bridgehead atoms. The summed E-state index contributed by atoms with van der Waals surface area (Å²) in [7, 11) is 2.04. The Morgan fingerprint density at radius 1 is 1.12 bits per heavy atom. The Labute approximate surface area is 141 Å². The number of aliphatic hydroxyl groups is 1. The van der Waals surface area contributed by atoms with Crippen LogP contribution in [0.4, 0.5) is 5.82 Å². The van der Waals surface area contributed by atoms with Gasteiger partial charge in [-0.15, -0.1) is 0 Å². The molecule has 0 aliphatic heterocycles.